The van der Waals surface area contributed by atoms with E-state index in [0.717, 1.165) is 29.9 Å². The lowest BCUT2D eigenvalue weighted by Gasteiger charge is -2.42. The normalized spacial score (nSPS) is 18.1. The first-order valence-electron chi connectivity index (χ1n) is 13.5. The summed E-state index contributed by atoms with van der Waals surface area (Å²) < 4.78 is 25.4. The van der Waals surface area contributed by atoms with Gasteiger partial charge in [-0.25, -0.2) is 12.9 Å². The highest BCUT2D eigenvalue weighted by Crippen LogP contribution is 2.28. The molecule has 1 N–H and O–H groups in total. The molecule has 0 saturated carbocycles. The Balaban J connectivity index is 0.00000323. The molecule has 0 unspecified atom stereocenters. The minimum Gasteiger partial charge on any atom is -0.371 e. The highest BCUT2D eigenvalue weighted by molar-refractivity contribution is 7.90. The van der Waals surface area contributed by atoms with Crippen LogP contribution in [-0.4, -0.2) is 91.4 Å². The molecule has 0 aliphatic carbocycles. The van der Waals surface area contributed by atoms with E-state index in [9.17, 15) is 8.42 Å². The summed E-state index contributed by atoms with van der Waals surface area (Å²) in [7, 11) is -1.04. The van der Waals surface area contributed by atoms with Gasteiger partial charge in [-0.15, -0.1) is 5.10 Å². The van der Waals surface area contributed by atoms with E-state index in [0.29, 0.717) is 22.5 Å². The van der Waals surface area contributed by atoms with Crippen LogP contribution < -0.4 is 10.2 Å². The van der Waals surface area contributed by atoms with E-state index >= 15 is 0 Å². The van der Waals surface area contributed by atoms with Gasteiger partial charge in [-0.05, 0) is 67.9 Å². The van der Waals surface area contributed by atoms with Crippen molar-refractivity contribution in [2.24, 2.45) is 0 Å². The minimum atomic E-state index is -3.25. The molecule has 0 amide bonds. The lowest BCUT2D eigenvalue weighted by atomic mass is 10.0. The maximum atomic E-state index is 11.8. The smallest absolute Gasteiger partial charge is 0.247 e. The molecule has 2 aliphatic rings. The van der Waals surface area contributed by atoms with Crippen molar-refractivity contribution in [1.82, 2.24) is 24.4 Å². The maximum Gasteiger partial charge on any atom is 0.247 e. The Morgan fingerprint density at radius 2 is 1.67 bits per heavy atom. The molecule has 39 heavy (non-hydrogen) atoms. The Bertz CT molecular complexity index is 1560. The molecular formula is C29H37N7O2S. The first-order chi connectivity index (χ1) is 18.8. The van der Waals surface area contributed by atoms with E-state index < -0.39 is 9.84 Å². The Morgan fingerprint density at radius 3 is 2.38 bits per heavy atom. The van der Waals surface area contributed by atoms with Gasteiger partial charge in [0.2, 0.25) is 5.95 Å². The average molecular weight is 548 g/mol. The van der Waals surface area contributed by atoms with Crippen LogP contribution in [-0.2, 0) is 9.84 Å². The molecule has 2 aromatic carbocycles. The summed E-state index contributed by atoms with van der Waals surface area (Å²) in [5.41, 5.74) is 4.63. The van der Waals surface area contributed by atoms with E-state index in [-0.39, 0.29) is 1.43 Å². The third kappa shape index (κ3) is 5.63. The molecule has 2 aliphatic heterocycles. The minimum absolute atomic E-state index is 0. The molecule has 4 aromatic rings. The third-order valence-corrected chi connectivity index (χ3v) is 9.07. The Hall–Kier alpha value is -3.47. The molecule has 206 valence electrons. The zero-order valence-electron chi connectivity index (χ0n) is 22.5. The van der Waals surface area contributed by atoms with Crippen LogP contribution in [0.2, 0.25) is 0 Å². The fraction of sp³-hybridized carbons (Fsp3) is 0.379. The van der Waals surface area contributed by atoms with Crippen molar-refractivity contribution in [3.8, 4) is 11.1 Å². The second-order valence-corrected chi connectivity index (χ2v) is 12.7. The van der Waals surface area contributed by atoms with Crippen LogP contribution >= 0.6 is 0 Å². The highest BCUT2D eigenvalue weighted by atomic mass is 32.2. The van der Waals surface area contributed by atoms with Gasteiger partial charge in [0.25, 0.3) is 0 Å². The number of hydrogen-bond donors (Lipinski definition) is 1. The van der Waals surface area contributed by atoms with E-state index in [1.807, 2.05) is 36.5 Å². The van der Waals surface area contributed by atoms with Gasteiger partial charge in [-0.2, -0.15) is 4.98 Å². The van der Waals surface area contributed by atoms with Gasteiger partial charge in [0, 0.05) is 76.1 Å². The zero-order chi connectivity index (χ0) is 27.0. The molecule has 9 nitrogen and oxygen atoms in total. The Kier molecular flexibility index (Phi) is 7.01. The standard InChI is InChI=1S/C29H35N7O2S.H2/c1-33-17-19-35(20-18-33)24-12-15-34(16-13-24)25-6-3-5-23(21-25)30-29-31-28-27(7-4-14-36(28)32-29)22-8-10-26(11-9-22)39(2,37)38;/h3-11,14,21,24H,12-13,15-20H2,1-2H3,(H,30,32);1H. The molecular weight excluding hydrogens is 510 g/mol. The van der Waals surface area contributed by atoms with Crippen LogP contribution in [0.25, 0.3) is 16.8 Å². The molecule has 10 heteroatoms. The maximum absolute atomic E-state index is 11.8. The summed E-state index contributed by atoms with van der Waals surface area (Å²) in [5.74, 6) is 0.515. The molecule has 0 atom stereocenters. The molecule has 4 heterocycles. The SMILES string of the molecule is CN1CCN(C2CCN(c3cccc(Nc4nc5c(-c6ccc(S(C)(=O)=O)cc6)cccn5n4)c3)CC2)CC1.[HH]. The van der Waals surface area contributed by atoms with E-state index in [1.165, 1.54) is 51.0 Å². The van der Waals surface area contributed by atoms with Crippen molar-refractivity contribution < 1.29 is 9.84 Å². The summed E-state index contributed by atoms with van der Waals surface area (Å²) in [6.07, 6.45) is 5.47. The molecule has 0 spiro atoms. The Labute approximate surface area is 231 Å². The van der Waals surface area contributed by atoms with Gasteiger partial charge in [0.15, 0.2) is 15.5 Å². The van der Waals surface area contributed by atoms with E-state index in [2.05, 4.69) is 50.4 Å². The number of piperidine rings is 1. The first kappa shape index (κ1) is 25.8. The Morgan fingerprint density at radius 1 is 0.923 bits per heavy atom. The number of sulfone groups is 1. The number of aromatic nitrogens is 3. The molecule has 6 rings (SSSR count). The summed E-state index contributed by atoms with van der Waals surface area (Å²) in [6.45, 7) is 6.83. The summed E-state index contributed by atoms with van der Waals surface area (Å²) in [5, 5.41) is 8.02. The van der Waals surface area contributed by atoms with Crippen molar-refractivity contribution in [3.63, 3.8) is 0 Å². The topological polar surface area (TPSA) is 86.1 Å². The lowest BCUT2D eigenvalue weighted by molar-refractivity contribution is 0.0982. The molecule has 2 saturated heterocycles. The zero-order valence-corrected chi connectivity index (χ0v) is 23.3. The molecule has 2 aromatic heterocycles. The first-order valence-corrected chi connectivity index (χ1v) is 15.4. The van der Waals surface area contributed by atoms with Crippen LogP contribution in [0.1, 0.15) is 14.3 Å². The summed E-state index contributed by atoms with van der Waals surface area (Å²) in [6, 6.07) is 19.9. The van der Waals surface area contributed by atoms with Gasteiger partial charge in [0.05, 0.1) is 4.90 Å². The fourth-order valence-corrected chi connectivity index (χ4v) is 6.28. The summed E-state index contributed by atoms with van der Waals surface area (Å²) >= 11 is 0. The van der Waals surface area contributed by atoms with Crippen LogP contribution in [0.5, 0.6) is 0 Å². The third-order valence-electron chi connectivity index (χ3n) is 7.94. The van der Waals surface area contributed by atoms with Crippen LogP contribution in [0.4, 0.5) is 17.3 Å². The average Bonchev–Trinajstić information content (AvgIpc) is 3.36. The number of anilines is 3. The lowest BCUT2D eigenvalue weighted by Crippen LogP contribution is -2.52. The number of hydrogen-bond acceptors (Lipinski definition) is 8. The number of benzene rings is 2. The van der Waals surface area contributed by atoms with Crippen molar-refractivity contribution in [3.05, 3.63) is 66.9 Å². The van der Waals surface area contributed by atoms with E-state index in [4.69, 9.17) is 4.98 Å². The van der Waals surface area contributed by atoms with Gasteiger partial charge in [-0.3, -0.25) is 4.90 Å². The number of piperazine rings is 1. The van der Waals surface area contributed by atoms with Gasteiger partial charge in [-0.1, -0.05) is 18.2 Å². The number of rotatable bonds is 6. The van der Waals surface area contributed by atoms with Gasteiger partial charge < -0.3 is 15.1 Å². The predicted molar refractivity (Wildman–Crippen MR) is 158 cm³/mol. The molecule has 0 radical (unpaired) electrons. The van der Waals surface area contributed by atoms with Crippen LogP contribution in [0.15, 0.2) is 71.8 Å². The number of pyridine rings is 1. The van der Waals surface area contributed by atoms with Crippen LogP contribution in [0.3, 0.4) is 0 Å². The van der Waals surface area contributed by atoms with Crippen molar-refractivity contribution >= 4 is 32.8 Å². The monoisotopic (exact) mass is 547 g/mol. The number of nitrogens with one attached hydrogen (secondary N) is 1. The van der Waals surface area contributed by atoms with Crippen molar-refractivity contribution in [2.75, 3.05) is 62.8 Å². The van der Waals surface area contributed by atoms with Gasteiger partial charge >= 0.3 is 0 Å². The second kappa shape index (κ2) is 10.6. The van der Waals surface area contributed by atoms with Gasteiger partial charge in [0.1, 0.15) is 0 Å². The highest BCUT2D eigenvalue weighted by Gasteiger charge is 2.26. The quantitative estimate of drug-likeness (QED) is 0.388. The van der Waals surface area contributed by atoms with Crippen molar-refractivity contribution in [2.45, 2.75) is 23.8 Å². The largest absolute Gasteiger partial charge is 0.371 e. The number of fused-ring (bicyclic) bond motifs is 1. The second-order valence-electron chi connectivity index (χ2n) is 10.7. The van der Waals surface area contributed by atoms with Crippen molar-refractivity contribution in [1.29, 1.82) is 0 Å². The number of likely N-dealkylation sites (N-methyl/N-ethyl adjacent to an activating group) is 1. The molecule has 2 fully saturated rings. The van der Waals surface area contributed by atoms with E-state index in [1.54, 1.807) is 16.6 Å². The van der Waals surface area contributed by atoms with Crippen LogP contribution in [0, 0.1) is 0 Å². The predicted octanol–water partition coefficient (Wildman–Crippen LogP) is 4.01. The summed E-state index contributed by atoms with van der Waals surface area (Å²) in [4.78, 5) is 12.6. The fourth-order valence-electron chi connectivity index (χ4n) is 5.65. The number of nitrogens with zero attached hydrogens (tertiary/aromatic N) is 6. The molecule has 0 bridgehead atoms.